The first-order valence-corrected chi connectivity index (χ1v) is 4.51. The molecule has 0 bridgehead atoms. The summed E-state index contributed by atoms with van der Waals surface area (Å²) in [5.74, 6) is 0.707. The van der Waals surface area contributed by atoms with Gasteiger partial charge in [0, 0.05) is 0 Å². The van der Waals surface area contributed by atoms with Crippen LogP contribution >= 0.6 is 0 Å². The average Bonchev–Trinajstić information content (AvgIpc) is 2.03. The summed E-state index contributed by atoms with van der Waals surface area (Å²) in [4.78, 5) is 0. The first-order chi connectivity index (χ1) is 5.24. The fraction of sp³-hybridized carbons (Fsp3) is 0.800. The molecule has 0 radical (unpaired) electrons. The van der Waals surface area contributed by atoms with E-state index in [1.807, 2.05) is 0 Å². The zero-order chi connectivity index (χ0) is 8.27. The summed E-state index contributed by atoms with van der Waals surface area (Å²) in [5.41, 5.74) is 1.49. The van der Waals surface area contributed by atoms with E-state index in [-0.39, 0.29) is 0 Å². The summed E-state index contributed by atoms with van der Waals surface area (Å²) in [5, 5.41) is 0. The van der Waals surface area contributed by atoms with E-state index < -0.39 is 0 Å². The number of ether oxygens (including phenoxy) is 1. The maximum atomic E-state index is 5.62. The van der Waals surface area contributed by atoms with Gasteiger partial charge in [0.25, 0.3) is 0 Å². The van der Waals surface area contributed by atoms with E-state index in [2.05, 4.69) is 26.8 Å². The van der Waals surface area contributed by atoms with Crippen LogP contribution in [-0.4, -0.2) is 12.7 Å². The second-order valence-corrected chi connectivity index (χ2v) is 3.51. The summed E-state index contributed by atoms with van der Waals surface area (Å²) in [6.07, 6.45) is 5.01. The monoisotopic (exact) mass is 154 g/mol. The lowest BCUT2D eigenvalue weighted by molar-refractivity contribution is 0.0250. The first-order valence-electron chi connectivity index (χ1n) is 4.51. The number of rotatable bonds is 2. The smallest absolute Gasteiger partial charge is 0.0654 e. The summed E-state index contributed by atoms with van der Waals surface area (Å²) < 4.78 is 5.62. The Morgan fingerprint density at radius 1 is 1.73 bits per heavy atom. The van der Waals surface area contributed by atoms with Crippen molar-refractivity contribution >= 4 is 0 Å². The first kappa shape index (κ1) is 8.79. The van der Waals surface area contributed by atoms with E-state index in [9.17, 15) is 0 Å². The van der Waals surface area contributed by atoms with E-state index in [0.717, 1.165) is 13.0 Å². The van der Waals surface area contributed by atoms with Crippen LogP contribution in [0.1, 0.15) is 33.6 Å². The summed E-state index contributed by atoms with van der Waals surface area (Å²) >= 11 is 0. The Morgan fingerprint density at radius 2 is 2.45 bits per heavy atom. The van der Waals surface area contributed by atoms with Crippen LogP contribution in [0.2, 0.25) is 0 Å². The largest absolute Gasteiger partial charge is 0.374 e. The highest BCUT2D eigenvalue weighted by Gasteiger charge is 2.18. The van der Waals surface area contributed by atoms with Gasteiger partial charge in [-0.05, 0) is 19.3 Å². The van der Waals surface area contributed by atoms with Crippen molar-refractivity contribution in [2.75, 3.05) is 6.61 Å². The van der Waals surface area contributed by atoms with Gasteiger partial charge in [0.05, 0.1) is 12.7 Å². The third kappa shape index (κ3) is 2.33. The van der Waals surface area contributed by atoms with Crippen LogP contribution < -0.4 is 0 Å². The lowest BCUT2D eigenvalue weighted by Gasteiger charge is -2.26. The molecule has 2 atom stereocenters. The van der Waals surface area contributed by atoms with Crippen LogP contribution in [0.15, 0.2) is 11.6 Å². The van der Waals surface area contributed by atoms with Crippen LogP contribution in [0, 0.1) is 5.92 Å². The van der Waals surface area contributed by atoms with Gasteiger partial charge in [-0.2, -0.15) is 0 Å². The SMILES string of the molecule is CCC(C)C1CC(C)=CCO1. The fourth-order valence-corrected chi connectivity index (χ4v) is 1.40. The van der Waals surface area contributed by atoms with Crippen molar-refractivity contribution in [2.45, 2.75) is 39.7 Å². The predicted octanol–water partition coefficient (Wildman–Crippen LogP) is 2.77. The van der Waals surface area contributed by atoms with Gasteiger partial charge >= 0.3 is 0 Å². The molecule has 0 aromatic rings. The molecular weight excluding hydrogens is 136 g/mol. The lowest BCUT2D eigenvalue weighted by atomic mass is 9.94. The standard InChI is InChI=1S/C10H18O/c1-4-9(3)10-7-8(2)5-6-11-10/h5,9-10H,4,6-7H2,1-3H3. The molecule has 64 valence electrons. The molecule has 0 amide bonds. The molecule has 0 saturated heterocycles. The maximum absolute atomic E-state index is 5.62. The van der Waals surface area contributed by atoms with Crippen LogP contribution in [0.3, 0.4) is 0 Å². The maximum Gasteiger partial charge on any atom is 0.0654 e. The molecular formula is C10H18O. The van der Waals surface area contributed by atoms with Crippen molar-refractivity contribution in [1.29, 1.82) is 0 Å². The van der Waals surface area contributed by atoms with E-state index >= 15 is 0 Å². The van der Waals surface area contributed by atoms with Crippen LogP contribution in [0.25, 0.3) is 0 Å². The third-order valence-electron chi connectivity index (χ3n) is 2.54. The Morgan fingerprint density at radius 3 is 3.00 bits per heavy atom. The molecule has 0 aromatic heterocycles. The molecule has 1 rings (SSSR count). The van der Waals surface area contributed by atoms with Gasteiger partial charge in [0.15, 0.2) is 0 Å². The minimum atomic E-state index is 0.477. The highest BCUT2D eigenvalue weighted by atomic mass is 16.5. The molecule has 2 unspecified atom stereocenters. The lowest BCUT2D eigenvalue weighted by Crippen LogP contribution is -2.24. The van der Waals surface area contributed by atoms with Crippen LogP contribution in [0.5, 0.6) is 0 Å². The highest BCUT2D eigenvalue weighted by Crippen LogP contribution is 2.22. The van der Waals surface area contributed by atoms with Crippen LogP contribution in [-0.2, 0) is 4.74 Å². The van der Waals surface area contributed by atoms with Crippen molar-refractivity contribution in [2.24, 2.45) is 5.92 Å². The van der Waals surface area contributed by atoms with Gasteiger partial charge in [0.1, 0.15) is 0 Å². The minimum Gasteiger partial charge on any atom is -0.374 e. The van der Waals surface area contributed by atoms with Crippen molar-refractivity contribution in [1.82, 2.24) is 0 Å². The molecule has 0 saturated carbocycles. The van der Waals surface area contributed by atoms with Gasteiger partial charge in [-0.25, -0.2) is 0 Å². The Hall–Kier alpha value is -0.300. The Labute approximate surface area is 69.4 Å². The Kier molecular flexibility index (Phi) is 3.13. The number of hydrogen-bond acceptors (Lipinski definition) is 1. The zero-order valence-corrected chi connectivity index (χ0v) is 7.76. The van der Waals surface area contributed by atoms with E-state index in [0.29, 0.717) is 12.0 Å². The number of hydrogen-bond donors (Lipinski definition) is 0. The molecule has 1 aliphatic rings. The van der Waals surface area contributed by atoms with Crippen molar-refractivity contribution in [3.05, 3.63) is 11.6 Å². The summed E-state index contributed by atoms with van der Waals surface area (Å²) in [7, 11) is 0. The van der Waals surface area contributed by atoms with Crippen molar-refractivity contribution < 1.29 is 4.74 Å². The summed E-state index contributed by atoms with van der Waals surface area (Å²) in [6, 6.07) is 0. The molecule has 1 heteroatoms. The molecule has 1 nitrogen and oxygen atoms in total. The molecule has 1 heterocycles. The second-order valence-electron chi connectivity index (χ2n) is 3.51. The molecule has 0 aliphatic carbocycles. The average molecular weight is 154 g/mol. The third-order valence-corrected chi connectivity index (χ3v) is 2.54. The van der Waals surface area contributed by atoms with Gasteiger partial charge in [-0.15, -0.1) is 0 Å². The normalized spacial score (nSPS) is 27.9. The minimum absolute atomic E-state index is 0.477. The molecule has 0 aromatic carbocycles. The molecule has 11 heavy (non-hydrogen) atoms. The Bertz CT molecular complexity index is 149. The van der Waals surface area contributed by atoms with Gasteiger partial charge in [-0.1, -0.05) is 31.9 Å². The van der Waals surface area contributed by atoms with Crippen LogP contribution in [0.4, 0.5) is 0 Å². The molecule has 0 N–H and O–H groups in total. The van der Waals surface area contributed by atoms with Crippen molar-refractivity contribution in [3.63, 3.8) is 0 Å². The van der Waals surface area contributed by atoms with E-state index in [1.54, 1.807) is 0 Å². The second kappa shape index (κ2) is 3.91. The highest BCUT2D eigenvalue weighted by molar-refractivity contribution is 5.03. The molecule has 0 spiro atoms. The topological polar surface area (TPSA) is 9.23 Å². The van der Waals surface area contributed by atoms with Gasteiger partial charge in [0.2, 0.25) is 0 Å². The fourth-order valence-electron chi connectivity index (χ4n) is 1.40. The Balaban J connectivity index is 2.43. The quantitative estimate of drug-likeness (QED) is 0.556. The van der Waals surface area contributed by atoms with Crippen molar-refractivity contribution in [3.8, 4) is 0 Å². The van der Waals surface area contributed by atoms with Gasteiger partial charge in [-0.3, -0.25) is 0 Å². The van der Waals surface area contributed by atoms with Gasteiger partial charge < -0.3 is 4.74 Å². The summed E-state index contributed by atoms with van der Waals surface area (Å²) in [6.45, 7) is 7.50. The zero-order valence-electron chi connectivity index (χ0n) is 7.76. The molecule has 0 fully saturated rings. The molecule has 1 aliphatic heterocycles. The predicted molar refractivity (Wildman–Crippen MR) is 47.6 cm³/mol. The van der Waals surface area contributed by atoms with E-state index in [4.69, 9.17) is 4.74 Å². The van der Waals surface area contributed by atoms with E-state index in [1.165, 1.54) is 12.0 Å².